The molecule has 2 aliphatic rings. The van der Waals surface area contributed by atoms with Crippen molar-refractivity contribution < 1.29 is 10.2 Å². The standard InChI is InChI=1S/C24H38O2/c1-23(13-14-23)11-7-4-3-5-9-19-17-20(22(26)21(25)18-19)10-6-8-12-24(2)15-16-24/h17-18,25-26H,3-16H2,1-2H3. The number of unbranched alkanes of at least 4 members (excludes halogenated alkanes) is 4. The molecule has 0 bridgehead atoms. The van der Waals surface area contributed by atoms with Crippen LogP contribution in [0.15, 0.2) is 12.1 Å². The zero-order valence-corrected chi connectivity index (χ0v) is 16.9. The van der Waals surface area contributed by atoms with Crippen molar-refractivity contribution in [1.29, 1.82) is 0 Å². The molecule has 0 spiro atoms. The van der Waals surface area contributed by atoms with E-state index >= 15 is 0 Å². The van der Waals surface area contributed by atoms with Gasteiger partial charge in [-0.15, -0.1) is 0 Å². The molecular formula is C24H38O2. The summed E-state index contributed by atoms with van der Waals surface area (Å²) in [5.74, 6) is 0.164. The van der Waals surface area contributed by atoms with Crippen LogP contribution in [0.4, 0.5) is 0 Å². The molecule has 0 radical (unpaired) electrons. The molecule has 0 heterocycles. The van der Waals surface area contributed by atoms with E-state index in [1.165, 1.54) is 76.2 Å². The highest BCUT2D eigenvalue weighted by molar-refractivity contribution is 5.47. The van der Waals surface area contributed by atoms with E-state index in [1.807, 2.05) is 0 Å². The monoisotopic (exact) mass is 358 g/mol. The summed E-state index contributed by atoms with van der Waals surface area (Å²) in [5, 5.41) is 20.2. The average Bonchev–Trinajstić information content (AvgIpc) is 3.52. The summed E-state index contributed by atoms with van der Waals surface area (Å²) in [7, 11) is 0. The molecule has 146 valence electrons. The minimum absolute atomic E-state index is 0.0633. The summed E-state index contributed by atoms with van der Waals surface area (Å²) >= 11 is 0. The van der Waals surface area contributed by atoms with Crippen molar-refractivity contribution in [1.82, 2.24) is 0 Å². The second-order valence-corrected chi connectivity index (χ2v) is 9.87. The molecule has 2 N–H and O–H groups in total. The zero-order valence-electron chi connectivity index (χ0n) is 16.9. The Kier molecular flexibility index (Phi) is 6.20. The number of phenols is 2. The molecule has 0 aromatic heterocycles. The smallest absolute Gasteiger partial charge is 0.160 e. The normalized spacial score (nSPS) is 19.5. The molecule has 0 saturated heterocycles. The van der Waals surface area contributed by atoms with E-state index in [4.69, 9.17) is 0 Å². The van der Waals surface area contributed by atoms with Gasteiger partial charge < -0.3 is 10.2 Å². The first-order chi connectivity index (χ1) is 12.4. The maximum atomic E-state index is 10.2. The number of aryl methyl sites for hydroxylation is 2. The number of phenolic OH excluding ortho intramolecular Hbond substituents is 2. The second-order valence-electron chi connectivity index (χ2n) is 9.87. The van der Waals surface area contributed by atoms with E-state index < -0.39 is 0 Å². The van der Waals surface area contributed by atoms with Crippen LogP contribution in [0.1, 0.15) is 102 Å². The number of benzene rings is 1. The third kappa shape index (κ3) is 5.93. The van der Waals surface area contributed by atoms with Crippen molar-refractivity contribution in [3.8, 4) is 11.5 Å². The summed E-state index contributed by atoms with van der Waals surface area (Å²) in [6.07, 6.45) is 17.7. The summed E-state index contributed by atoms with van der Waals surface area (Å²) in [4.78, 5) is 0. The Morgan fingerprint density at radius 2 is 1.27 bits per heavy atom. The zero-order chi connectivity index (χ0) is 18.6. The van der Waals surface area contributed by atoms with Gasteiger partial charge in [-0.25, -0.2) is 0 Å². The van der Waals surface area contributed by atoms with Crippen LogP contribution in [-0.4, -0.2) is 10.2 Å². The van der Waals surface area contributed by atoms with Crippen molar-refractivity contribution >= 4 is 0 Å². The molecule has 2 fully saturated rings. The van der Waals surface area contributed by atoms with Gasteiger partial charge >= 0.3 is 0 Å². The van der Waals surface area contributed by atoms with Gasteiger partial charge in [-0.05, 0) is 92.2 Å². The molecule has 0 unspecified atom stereocenters. The van der Waals surface area contributed by atoms with Gasteiger partial charge in [-0.3, -0.25) is 0 Å². The number of rotatable bonds is 12. The SMILES string of the molecule is CC1(CCCCCCc2cc(O)c(O)c(CCCCC3(C)CC3)c2)CC1. The predicted molar refractivity (Wildman–Crippen MR) is 109 cm³/mol. The lowest BCUT2D eigenvalue weighted by molar-refractivity contribution is 0.397. The second kappa shape index (κ2) is 8.23. The van der Waals surface area contributed by atoms with Crippen LogP contribution >= 0.6 is 0 Å². The molecule has 3 rings (SSSR count). The first-order valence-corrected chi connectivity index (χ1v) is 10.9. The van der Waals surface area contributed by atoms with Gasteiger partial charge in [0, 0.05) is 0 Å². The Morgan fingerprint density at radius 3 is 1.88 bits per heavy atom. The van der Waals surface area contributed by atoms with Crippen molar-refractivity contribution in [3.63, 3.8) is 0 Å². The summed E-state index contributed by atoms with van der Waals surface area (Å²) < 4.78 is 0. The highest BCUT2D eigenvalue weighted by atomic mass is 16.3. The van der Waals surface area contributed by atoms with E-state index in [-0.39, 0.29) is 11.5 Å². The van der Waals surface area contributed by atoms with E-state index in [9.17, 15) is 10.2 Å². The van der Waals surface area contributed by atoms with Crippen LogP contribution in [0.25, 0.3) is 0 Å². The minimum atomic E-state index is 0.0633. The molecule has 0 amide bonds. The molecule has 0 aliphatic heterocycles. The lowest BCUT2D eigenvalue weighted by atomic mass is 9.96. The maximum absolute atomic E-state index is 10.2. The van der Waals surface area contributed by atoms with Crippen LogP contribution < -0.4 is 0 Å². The summed E-state index contributed by atoms with van der Waals surface area (Å²) in [6.45, 7) is 4.79. The lowest BCUT2D eigenvalue weighted by Gasteiger charge is -2.12. The molecule has 1 aromatic rings. The topological polar surface area (TPSA) is 40.5 Å². The number of hydrogen-bond donors (Lipinski definition) is 2. The fraction of sp³-hybridized carbons (Fsp3) is 0.750. The van der Waals surface area contributed by atoms with Crippen LogP contribution in [0.2, 0.25) is 0 Å². The minimum Gasteiger partial charge on any atom is -0.504 e. The van der Waals surface area contributed by atoms with Crippen LogP contribution in [0.5, 0.6) is 11.5 Å². The van der Waals surface area contributed by atoms with E-state index in [1.54, 1.807) is 6.07 Å². The molecule has 26 heavy (non-hydrogen) atoms. The van der Waals surface area contributed by atoms with E-state index in [0.29, 0.717) is 10.8 Å². The van der Waals surface area contributed by atoms with Crippen LogP contribution in [0, 0.1) is 10.8 Å². The number of aromatic hydroxyl groups is 2. The van der Waals surface area contributed by atoms with Crippen molar-refractivity contribution in [2.45, 2.75) is 104 Å². The molecule has 1 aromatic carbocycles. The van der Waals surface area contributed by atoms with Crippen molar-refractivity contribution in [2.75, 3.05) is 0 Å². The molecule has 0 atom stereocenters. The fourth-order valence-corrected chi connectivity index (χ4v) is 4.11. The van der Waals surface area contributed by atoms with Gasteiger partial charge in [0.2, 0.25) is 0 Å². The first-order valence-electron chi connectivity index (χ1n) is 10.9. The fourth-order valence-electron chi connectivity index (χ4n) is 4.11. The van der Waals surface area contributed by atoms with Gasteiger partial charge in [0.25, 0.3) is 0 Å². The van der Waals surface area contributed by atoms with Crippen LogP contribution in [-0.2, 0) is 12.8 Å². The quantitative estimate of drug-likeness (QED) is 0.315. The molecule has 2 heteroatoms. The van der Waals surface area contributed by atoms with E-state index in [0.717, 1.165) is 24.8 Å². The summed E-state index contributed by atoms with van der Waals surface area (Å²) in [5.41, 5.74) is 3.42. The third-order valence-electron chi connectivity index (χ3n) is 6.91. The maximum Gasteiger partial charge on any atom is 0.160 e. The van der Waals surface area contributed by atoms with Gasteiger partial charge in [-0.1, -0.05) is 45.6 Å². The Balaban J connectivity index is 1.38. The third-order valence-corrected chi connectivity index (χ3v) is 6.91. The highest BCUT2D eigenvalue weighted by Crippen LogP contribution is 2.49. The van der Waals surface area contributed by atoms with Gasteiger partial charge in [-0.2, -0.15) is 0 Å². The Hall–Kier alpha value is -1.18. The van der Waals surface area contributed by atoms with E-state index in [2.05, 4.69) is 19.9 Å². The lowest BCUT2D eigenvalue weighted by Crippen LogP contribution is -1.96. The number of hydrogen-bond acceptors (Lipinski definition) is 2. The first kappa shape index (κ1) is 19.6. The Morgan fingerprint density at radius 1 is 0.731 bits per heavy atom. The molecular weight excluding hydrogens is 320 g/mol. The largest absolute Gasteiger partial charge is 0.504 e. The Bertz CT molecular complexity index is 596. The highest BCUT2D eigenvalue weighted by Gasteiger charge is 2.36. The van der Waals surface area contributed by atoms with Crippen LogP contribution in [0.3, 0.4) is 0 Å². The van der Waals surface area contributed by atoms with Crippen molar-refractivity contribution in [2.24, 2.45) is 10.8 Å². The average molecular weight is 359 g/mol. The molecule has 2 nitrogen and oxygen atoms in total. The van der Waals surface area contributed by atoms with Gasteiger partial charge in [0.05, 0.1) is 0 Å². The predicted octanol–water partition coefficient (Wildman–Crippen LogP) is 6.90. The van der Waals surface area contributed by atoms with Gasteiger partial charge in [0.15, 0.2) is 11.5 Å². The molecule has 2 saturated carbocycles. The summed E-state index contributed by atoms with van der Waals surface area (Å²) in [6, 6.07) is 3.88. The van der Waals surface area contributed by atoms with Crippen molar-refractivity contribution in [3.05, 3.63) is 23.3 Å². The Labute approximate surface area is 160 Å². The molecule has 2 aliphatic carbocycles. The van der Waals surface area contributed by atoms with Gasteiger partial charge in [0.1, 0.15) is 0 Å².